The summed E-state index contributed by atoms with van der Waals surface area (Å²) in [6.45, 7) is 5.11. The average molecular weight is 657 g/mol. The van der Waals surface area contributed by atoms with Gasteiger partial charge >= 0.3 is 6.03 Å². The minimum atomic E-state index is -0.649. The summed E-state index contributed by atoms with van der Waals surface area (Å²) in [6.07, 6.45) is 3.62. The van der Waals surface area contributed by atoms with E-state index in [-0.39, 0.29) is 43.8 Å². The normalized spacial score (nSPS) is 14.7. The molecule has 1 aromatic carbocycles. The second-order valence-corrected chi connectivity index (χ2v) is 11.2. The van der Waals surface area contributed by atoms with Crippen molar-refractivity contribution >= 4 is 17.8 Å². The molecule has 47 heavy (non-hydrogen) atoms. The first-order valence-corrected chi connectivity index (χ1v) is 16.1. The first-order valence-electron chi connectivity index (χ1n) is 16.1. The molecule has 2 aromatic rings. The molecular weight excluding hydrogens is 611 g/mol. The zero-order valence-electron chi connectivity index (χ0n) is 27.0. The van der Waals surface area contributed by atoms with Gasteiger partial charge in [0.15, 0.2) is 11.6 Å². The number of azide groups is 1. The summed E-state index contributed by atoms with van der Waals surface area (Å²) in [7, 11) is 1.39. The SMILES string of the molecule is COc1ccc(C(CC(=O)NCCOCCOCCOCCN=[N+]=[N-])N2CCN(CCCc3ccc4c(n3)NCCC4)C2=O)cc1F. The molecule has 1 aromatic heterocycles. The number of rotatable bonds is 21. The van der Waals surface area contributed by atoms with Crippen molar-refractivity contribution in [1.82, 2.24) is 20.1 Å². The highest BCUT2D eigenvalue weighted by molar-refractivity contribution is 5.80. The summed E-state index contributed by atoms with van der Waals surface area (Å²) in [5.74, 6) is 0.226. The zero-order valence-corrected chi connectivity index (χ0v) is 27.0. The van der Waals surface area contributed by atoms with Crippen LogP contribution >= 0.6 is 0 Å². The number of amides is 3. The van der Waals surface area contributed by atoms with Gasteiger partial charge < -0.3 is 39.4 Å². The predicted octanol–water partition coefficient (Wildman–Crippen LogP) is 3.87. The zero-order chi connectivity index (χ0) is 33.3. The van der Waals surface area contributed by atoms with Crippen molar-refractivity contribution in [3.05, 3.63) is 63.4 Å². The average Bonchev–Trinajstić information content (AvgIpc) is 3.44. The van der Waals surface area contributed by atoms with Gasteiger partial charge in [0.25, 0.3) is 0 Å². The molecule has 15 heteroatoms. The lowest BCUT2D eigenvalue weighted by Gasteiger charge is -2.28. The lowest BCUT2D eigenvalue weighted by Crippen LogP contribution is -2.38. The number of carbonyl (C=O) groups is 2. The van der Waals surface area contributed by atoms with E-state index in [2.05, 4.69) is 32.8 Å². The maximum absolute atomic E-state index is 14.7. The molecule has 1 fully saturated rings. The van der Waals surface area contributed by atoms with Crippen LogP contribution in [0.25, 0.3) is 10.4 Å². The number of carbonyl (C=O) groups excluding carboxylic acids is 2. The van der Waals surface area contributed by atoms with Crippen molar-refractivity contribution in [2.45, 2.75) is 38.1 Å². The first kappa shape index (κ1) is 35.7. The topological polar surface area (TPSA) is 163 Å². The molecule has 2 aliphatic rings. The number of hydrogen-bond acceptors (Lipinski definition) is 9. The number of aryl methyl sites for hydroxylation is 2. The van der Waals surface area contributed by atoms with Crippen molar-refractivity contribution in [2.24, 2.45) is 5.11 Å². The van der Waals surface area contributed by atoms with Crippen LogP contribution in [0.5, 0.6) is 5.75 Å². The van der Waals surface area contributed by atoms with Gasteiger partial charge in [-0.2, -0.15) is 0 Å². The van der Waals surface area contributed by atoms with Crippen LogP contribution in [0.3, 0.4) is 0 Å². The Kier molecular flexibility index (Phi) is 14.8. The summed E-state index contributed by atoms with van der Waals surface area (Å²) in [6, 6.07) is 7.91. The maximum atomic E-state index is 14.7. The van der Waals surface area contributed by atoms with Crippen molar-refractivity contribution < 1.29 is 32.9 Å². The van der Waals surface area contributed by atoms with Crippen molar-refractivity contribution in [3.63, 3.8) is 0 Å². The van der Waals surface area contributed by atoms with Crippen LogP contribution in [0.15, 0.2) is 35.4 Å². The quantitative estimate of drug-likeness (QED) is 0.0886. The second kappa shape index (κ2) is 19.5. The Labute approximate surface area is 274 Å². The predicted molar refractivity (Wildman–Crippen MR) is 173 cm³/mol. The molecule has 3 amide bonds. The van der Waals surface area contributed by atoms with Gasteiger partial charge in [0, 0.05) is 49.9 Å². The molecule has 0 spiro atoms. The van der Waals surface area contributed by atoms with E-state index >= 15 is 0 Å². The highest BCUT2D eigenvalue weighted by Crippen LogP contribution is 2.31. The number of nitrogens with zero attached hydrogens (tertiary/aromatic N) is 6. The number of ether oxygens (including phenoxy) is 4. The van der Waals surface area contributed by atoms with E-state index in [1.165, 1.54) is 24.8 Å². The fourth-order valence-corrected chi connectivity index (χ4v) is 5.56. The standard InChI is InChI=1S/C32H45FN8O6/c1-44-29-9-7-25(22-27(29)33)28(23-30(42)35-11-16-45-18-20-47-21-19-46-17-12-37-39-34)41-15-14-40(32(41)43)13-3-5-26-8-6-24-4-2-10-36-31(24)38-26/h6-9,22,28H,2-5,10-21,23H2,1H3,(H,35,42)(H,36,38). The Morgan fingerprint density at radius 3 is 2.68 bits per heavy atom. The van der Waals surface area contributed by atoms with E-state index in [1.807, 2.05) is 0 Å². The molecule has 0 radical (unpaired) electrons. The van der Waals surface area contributed by atoms with Gasteiger partial charge in [0.05, 0.1) is 59.2 Å². The summed E-state index contributed by atoms with van der Waals surface area (Å²) in [5.41, 5.74) is 11.0. The molecular formula is C32H45FN8O6. The van der Waals surface area contributed by atoms with Crippen molar-refractivity contribution in [2.75, 3.05) is 91.3 Å². The molecule has 0 aliphatic carbocycles. The van der Waals surface area contributed by atoms with Crippen LogP contribution in [-0.4, -0.2) is 113 Å². The van der Waals surface area contributed by atoms with E-state index in [9.17, 15) is 14.0 Å². The second-order valence-electron chi connectivity index (χ2n) is 11.2. The first-order chi connectivity index (χ1) is 23.0. The lowest BCUT2D eigenvalue weighted by molar-refractivity contribution is -0.122. The Morgan fingerprint density at radius 2 is 1.91 bits per heavy atom. The third-order valence-corrected chi connectivity index (χ3v) is 7.97. The van der Waals surface area contributed by atoms with Crippen molar-refractivity contribution in [1.29, 1.82) is 0 Å². The van der Waals surface area contributed by atoms with E-state index < -0.39 is 11.9 Å². The number of urea groups is 1. The number of aromatic nitrogens is 1. The van der Waals surface area contributed by atoms with Crippen LogP contribution in [-0.2, 0) is 31.8 Å². The molecule has 1 saturated heterocycles. The van der Waals surface area contributed by atoms with Gasteiger partial charge in [0.1, 0.15) is 5.82 Å². The van der Waals surface area contributed by atoms with E-state index in [0.29, 0.717) is 58.2 Å². The van der Waals surface area contributed by atoms with Crippen LogP contribution < -0.4 is 15.4 Å². The van der Waals surface area contributed by atoms with Gasteiger partial charge in [-0.15, -0.1) is 0 Å². The molecule has 256 valence electrons. The Bertz CT molecular complexity index is 1360. The molecule has 0 saturated carbocycles. The molecule has 2 aliphatic heterocycles. The number of hydrogen-bond donors (Lipinski definition) is 2. The van der Waals surface area contributed by atoms with Gasteiger partial charge in [-0.25, -0.2) is 14.2 Å². The highest BCUT2D eigenvalue weighted by atomic mass is 19.1. The van der Waals surface area contributed by atoms with Gasteiger partial charge in [0.2, 0.25) is 5.91 Å². The third kappa shape index (κ3) is 11.2. The number of methoxy groups -OCH3 is 1. The minimum Gasteiger partial charge on any atom is -0.494 e. The van der Waals surface area contributed by atoms with Crippen molar-refractivity contribution in [3.8, 4) is 5.75 Å². The molecule has 4 rings (SSSR count). The Morgan fingerprint density at radius 1 is 1.13 bits per heavy atom. The maximum Gasteiger partial charge on any atom is 0.320 e. The minimum absolute atomic E-state index is 0.0276. The molecule has 1 unspecified atom stereocenters. The largest absolute Gasteiger partial charge is 0.494 e. The van der Waals surface area contributed by atoms with E-state index in [4.69, 9.17) is 29.5 Å². The van der Waals surface area contributed by atoms with E-state index in [1.54, 1.807) is 15.9 Å². The third-order valence-electron chi connectivity index (χ3n) is 7.97. The van der Waals surface area contributed by atoms with Gasteiger partial charge in [-0.1, -0.05) is 17.2 Å². The number of nitrogens with one attached hydrogen (secondary N) is 2. The van der Waals surface area contributed by atoms with Crippen LogP contribution in [0.2, 0.25) is 0 Å². The molecule has 3 heterocycles. The number of anilines is 1. The smallest absolute Gasteiger partial charge is 0.320 e. The number of benzene rings is 1. The van der Waals surface area contributed by atoms with Crippen LogP contribution in [0, 0.1) is 5.82 Å². The summed E-state index contributed by atoms with van der Waals surface area (Å²) < 4.78 is 36.0. The molecule has 0 bridgehead atoms. The summed E-state index contributed by atoms with van der Waals surface area (Å²) in [5, 5.41) is 9.58. The Hall–Kier alpha value is -4.17. The van der Waals surface area contributed by atoms with Gasteiger partial charge in [-0.3, -0.25) is 4.79 Å². The Balaban J connectivity index is 1.22. The monoisotopic (exact) mass is 656 g/mol. The highest BCUT2D eigenvalue weighted by Gasteiger charge is 2.35. The fourth-order valence-electron chi connectivity index (χ4n) is 5.56. The number of pyridine rings is 1. The van der Waals surface area contributed by atoms with E-state index in [0.717, 1.165) is 43.7 Å². The van der Waals surface area contributed by atoms with Crippen LogP contribution in [0.1, 0.15) is 42.1 Å². The molecule has 14 nitrogen and oxygen atoms in total. The van der Waals surface area contributed by atoms with Gasteiger partial charge in [-0.05, 0) is 60.5 Å². The summed E-state index contributed by atoms with van der Waals surface area (Å²) >= 11 is 0. The number of halogens is 1. The van der Waals surface area contributed by atoms with Crippen LogP contribution in [0.4, 0.5) is 15.0 Å². The lowest BCUT2D eigenvalue weighted by atomic mass is 10.0. The number of fused-ring (bicyclic) bond motifs is 1. The fraction of sp³-hybridized carbons (Fsp3) is 0.594. The molecule has 2 N–H and O–H groups in total. The summed E-state index contributed by atoms with van der Waals surface area (Å²) in [4.78, 5) is 37.4. The molecule has 1 atom stereocenters.